The predicted molar refractivity (Wildman–Crippen MR) is 60.6 cm³/mol. The third kappa shape index (κ3) is 1.84. The third-order valence-corrected chi connectivity index (χ3v) is 4.13. The van der Waals surface area contributed by atoms with Crippen LogP contribution in [-0.4, -0.2) is 17.1 Å². The SMILES string of the molecule is CC(C)C1(Cc2cncs2)CCCN1. The van der Waals surface area contributed by atoms with Crippen LogP contribution >= 0.6 is 11.3 Å². The van der Waals surface area contributed by atoms with Crippen LogP contribution in [0.4, 0.5) is 0 Å². The second kappa shape index (κ2) is 3.99. The van der Waals surface area contributed by atoms with Crippen molar-refractivity contribution in [3.05, 3.63) is 16.6 Å². The van der Waals surface area contributed by atoms with E-state index in [1.807, 2.05) is 11.7 Å². The Balaban J connectivity index is 2.12. The quantitative estimate of drug-likeness (QED) is 0.829. The Bertz CT molecular complexity index is 273. The number of hydrogen-bond donors (Lipinski definition) is 1. The molecule has 1 aliphatic heterocycles. The molecule has 3 heteroatoms. The minimum absolute atomic E-state index is 0.340. The average Bonchev–Trinajstić information content (AvgIpc) is 2.76. The Morgan fingerprint density at radius 1 is 1.64 bits per heavy atom. The molecule has 1 fully saturated rings. The van der Waals surface area contributed by atoms with Gasteiger partial charge in [-0.1, -0.05) is 13.8 Å². The lowest BCUT2D eigenvalue weighted by atomic mass is 9.82. The molecule has 1 unspecified atom stereocenters. The van der Waals surface area contributed by atoms with Gasteiger partial charge in [-0.3, -0.25) is 4.98 Å². The summed E-state index contributed by atoms with van der Waals surface area (Å²) in [5, 5.41) is 3.69. The fourth-order valence-electron chi connectivity index (χ4n) is 2.32. The summed E-state index contributed by atoms with van der Waals surface area (Å²) in [6, 6.07) is 0. The molecule has 2 heterocycles. The normalized spacial score (nSPS) is 27.4. The molecule has 2 nitrogen and oxygen atoms in total. The summed E-state index contributed by atoms with van der Waals surface area (Å²) in [5.41, 5.74) is 2.27. The van der Waals surface area contributed by atoms with Gasteiger partial charge in [0.15, 0.2) is 0 Å². The maximum atomic E-state index is 4.15. The highest BCUT2D eigenvalue weighted by Crippen LogP contribution is 2.32. The number of nitrogens with zero attached hydrogens (tertiary/aromatic N) is 1. The lowest BCUT2D eigenvalue weighted by Crippen LogP contribution is -2.46. The van der Waals surface area contributed by atoms with Crippen molar-refractivity contribution in [3.63, 3.8) is 0 Å². The summed E-state index contributed by atoms with van der Waals surface area (Å²) in [5.74, 6) is 0.701. The summed E-state index contributed by atoms with van der Waals surface area (Å²) in [6.07, 6.45) is 5.78. The van der Waals surface area contributed by atoms with Crippen molar-refractivity contribution < 1.29 is 0 Å². The van der Waals surface area contributed by atoms with Crippen LogP contribution in [0.1, 0.15) is 31.6 Å². The molecular formula is C11H18N2S. The second-order valence-electron chi connectivity index (χ2n) is 4.49. The Kier molecular flexibility index (Phi) is 2.88. The molecule has 1 saturated heterocycles. The number of thiazole rings is 1. The predicted octanol–water partition coefficient (Wildman–Crippen LogP) is 2.46. The fraction of sp³-hybridized carbons (Fsp3) is 0.727. The Morgan fingerprint density at radius 3 is 3.00 bits per heavy atom. The molecule has 14 heavy (non-hydrogen) atoms. The van der Waals surface area contributed by atoms with Crippen molar-refractivity contribution in [2.45, 2.75) is 38.6 Å². The van der Waals surface area contributed by atoms with E-state index < -0.39 is 0 Å². The number of nitrogens with one attached hydrogen (secondary N) is 1. The van der Waals surface area contributed by atoms with E-state index in [2.05, 4.69) is 24.1 Å². The van der Waals surface area contributed by atoms with Gasteiger partial charge in [0.25, 0.3) is 0 Å². The maximum Gasteiger partial charge on any atom is 0.0794 e. The molecule has 0 saturated carbocycles. The second-order valence-corrected chi connectivity index (χ2v) is 5.46. The molecule has 1 aromatic rings. The van der Waals surface area contributed by atoms with Crippen LogP contribution in [0.25, 0.3) is 0 Å². The zero-order valence-electron chi connectivity index (χ0n) is 8.92. The molecule has 0 aromatic carbocycles. The third-order valence-electron chi connectivity index (χ3n) is 3.36. The van der Waals surface area contributed by atoms with Crippen molar-refractivity contribution >= 4 is 11.3 Å². The number of hydrogen-bond acceptors (Lipinski definition) is 3. The monoisotopic (exact) mass is 210 g/mol. The molecular weight excluding hydrogens is 192 g/mol. The standard InChI is InChI=1S/C11H18N2S/c1-9(2)11(4-3-5-13-11)6-10-7-12-8-14-10/h7-9,13H,3-6H2,1-2H3. The van der Waals surface area contributed by atoms with Crippen LogP contribution in [0.15, 0.2) is 11.7 Å². The van der Waals surface area contributed by atoms with E-state index in [0.29, 0.717) is 11.5 Å². The molecule has 0 spiro atoms. The zero-order chi connectivity index (χ0) is 10.0. The van der Waals surface area contributed by atoms with Crippen LogP contribution in [-0.2, 0) is 6.42 Å². The van der Waals surface area contributed by atoms with Crippen molar-refractivity contribution in [2.75, 3.05) is 6.54 Å². The smallest absolute Gasteiger partial charge is 0.0794 e. The largest absolute Gasteiger partial charge is 0.311 e. The number of aromatic nitrogens is 1. The highest BCUT2D eigenvalue weighted by atomic mass is 32.1. The Morgan fingerprint density at radius 2 is 2.50 bits per heavy atom. The van der Waals surface area contributed by atoms with Crippen LogP contribution in [0, 0.1) is 5.92 Å². The van der Waals surface area contributed by atoms with Gasteiger partial charge >= 0.3 is 0 Å². The minimum atomic E-state index is 0.340. The van der Waals surface area contributed by atoms with E-state index in [9.17, 15) is 0 Å². The summed E-state index contributed by atoms with van der Waals surface area (Å²) in [6.45, 7) is 5.82. The van der Waals surface area contributed by atoms with Crippen molar-refractivity contribution in [1.82, 2.24) is 10.3 Å². The van der Waals surface area contributed by atoms with E-state index in [4.69, 9.17) is 0 Å². The molecule has 78 valence electrons. The highest BCUT2D eigenvalue weighted by Gasteiger charge is 2.36. The van der Waals surface area contributed by atoms with E-state index in [1.54, 1.807) is 11.3 Å². The van der Waals surface area contributed by atoms with Crippen LogP contribution in [0.5, 0.6) is 0 Å². The van der Waals surface area contributed by atoms with Gasteiger partial charge in [-0.2, -0.15) is 0 Å². The highest BCUT2D eigenvalue weighted by molar-refractivity contribution is 7.09. The van der Waals surface area contributed by atoms with E-state index in [-0.39, 0.29) is 0 Å². The zero-order valence-corrected chi connectivity index (χ0v) is 9.73. The lowest BCUT2D eigenvalue weighted by molar-refractivity contribution is 0.271. The summed E-state index contributed by atoms with van der Waals surface area (Å²) >= 11 is 1.77. The molecule has 1 N–H and O–H groups in total. The van der Waals surface area contributed by atoms with Gasteiger partial charge in [-0.25, -0.2) is 0 Å². The first-order valence-electron chi connectivity index (χ1n) is 5.35. The molecule has 1 aliphatic rings. The number of rotatable bonds is 3. The van der Waals surface area contributed by atoms with Crippen LogP contribution < -0.4 is 5.32 Å². The van der Waals surface area contributed by atoms with Crippen LogP contribution in [0.3, 0.4) is 0 Å². The minimum Gasteiger partial charge on any atom is -0.311 e. The Labute approximate surface area is 89.8 Å². The van der Waals surface area contributed by atoms with Gasteiger partial charge in [0, 0.05) is 23.0 Å². The summed E-state index contributed by atoms with van der Waals surface area (Å²) in [7, 11) is 0. The summed E-state index contributed by atoms with van der Waals surface area (Å²) < 4.78 is 0. The van der Waals surface area contributed by atoms with E-state index in [1.165, 1.54) is 24.3 Å². The van der Waals surface area contributed by atoms with Gasteiger partial charge in [-0.15, -0.1) is 11.3 Å². The van der Waals surface area contributed by atoms with Crippen molar-refractivity contribution in [1.29, 1.82) is 0 Å². The topological polar surface area (TPSA) is 24.9 Å². The lowest BCUT2D eigenvalue weighted by Gasteiger charge is -2.33. The van der Waals surface area contributed by atoms with Gasteiger partial charge < -0.3 is 5.32 Å². The molecule has 0 aliphatic carbocycles. The first-order valence-corrected chi connectivity index (χ1v) is 6.23. The van der Waals surface area contributed by atoms with E-state index >= 15 is 0 Å². The van der Waals surface area contributed by atoms with Gasteiger partial charge in [0.2, 0.25) is 0 Å². The van der Waals surface area contributed by atoms with Gasteiger partial charge in [0.1, 0.15) is 0 Å². The molecule has 0 bridgehead atoms. The first-order chi connectivity index (χ1) is 6.73. The van der Waals surface area contributed by atoms with Crippen LogP contribution in [0.2, 0.25) is 0 Å². The molecule has 2 rings (SSSR count). The van der Waals surface area contributed by atoms with E-state index in [0.717, 1.165) is 6.42 Å². The average molecular weight is 210 g/mol. The fourth-order valence-corrected chi connectivity index (χ4v) is 3.04. The maximum absolute atomic E-state index is 4.15. The van der Waals surface area contributed by atoms with Gasteiger partial charge in [-0.05, 0) is 25.3 Å². The molecule has 1 atom stereocenters. The first kappa shape index (κ1) is 10.1. The molecule has 1 aromatic heterocycles. The molecule has 0 amide bonds. The van der Waals surface area contributed by atoms with Gasteiger partial charge in [0.05, 0.1) is 5.51 Å². The van der Waals surface area contributed by atoms with Crippen molar-refractivity contribution in [2.24, 2.45) is 5.92 Å². The van der Waals surface area contributed by atoms with Crippen molar-refractivity contribution in [3.8, 4) is 0 Å². The summed E-state index contributed by atoms with van der Waals surface area (Å²) in [4.78, 5) is 5.56. The molecule has 0 radical (unpaired) electrons. The Hall–Kier alpha value is -0.410.